The second kappa shape index (κ2) is 2.97. The number of hydrogen-bond acceptors (Lipinski definition) is 3. The van der Waals surface area contributed by atoms with Gasteiger partial charge in [0.1, 0.15) is 0 Å². The highest BCUT2D eigenvalue weighted by Gasteiger charge is 2.33. The van der Waals surface area contributed by atoms with E-state index in [1.807, 2.05) is 0 Å². The van der Waals surface area contributed by atoms with Gasteiger partial charge in [-0.1, -0.05) is 0 Å². The monoisotopic (exact) mass is 169 g/mol. The molecule has 0 radical (unpaired) electrons. The largest absolute Gasteiger partial charge is 0.474 e. The van der Waals surface area contributed by atoms with Crippen LogP contribution in [0.15, 0.2) is 11.8 Å². The number of amides is 1. The Labute approximate surface area is 70.6 Å². The third-order valence-corrected chi connectivity index (χ3v) is 1.74. The van der Waals surface area contributed by atoms with Crippen LogP contribution in [-0.4, -0.2) is 24.8 Å². The molecule has 1 heterocycles. The molecule has 1 amide bonds. The van der Waals surface area contributed by atoms with Gasteiger partial charge in [0.2, 0.25) is 0 Å². The summed E-state index contributed by atoms with van der Waals surface area (Å²) in [6, 6.07) is 0. The molecule has 12 heavy (non-hydrogen) atoms. The summed E-state index contributed by atoms with van der Waals surface area (Å²) in [5, 5.41) is 2.42. The molecule has 0 aromatic rings. The van der Waals surface area contributed by atoms with Crippen molar-refractivity contribution in [2.24, 2.45) is 0 Å². The Morgan fingerprint density at radius 1 is 1.83 bits per heavy atom. The predicted octanol–water partition coefficient (Wildman–Crippen LogP) is -0.00580. The Morgan fingerprint density at radius 2 is 2.50 bits per heavy atom. The Hall–Kier alpha value is -1.32. The minimum Gasteiger partial charge on any atom is -0.474 e. The van der Waals surface area contributed by atoms with Crippen molar-refractivity contribution >= 4 is 12.2 Å². The molecule has 0 unspecified atom stereocenters. The highest BCUT2D eigenvalue weighted by Crippen LogP contribution is 2.25. The SMILES string of the molecule is CNC(=O)C1=CC[C@](C)(C=O)O1. The van der Waals surface area contributed by atoms with Gasteiger partial charge in [0, 0.05) is 13.5 Å². The number of carbonyl (C=O) groups is 2. The van der Waals surface area contributed by atoms with Crippen LogP contribution in [0.25, 0.3) is 0 Å². The molecule has 0 spiro atoms. The third-order valence-electron chi connectivity index (χ3n) is 1.74. The maximum absolute atomic E-state index is 11.0. The molecular formula is C8H11NO3. The van der Waals surface area contributed by atoms with Gasteiger partial charge in [-0.25, -0.2) is 0 Å². The molecule has 1 atom stereocenters. The van der Waals surface area contributed by atoms with E-state index >= 15 is 0 Å². The van der Waals surface area contributed by atoms with E-state index in [2.05, 4.69) is 5.32 Å². The average molecular weight is 169 g/mol. The van der Waals surface area contributed by atoms with E-state index in [9.17, 15) is 9.59 Å². The van der Waals surface area contributed by atoms with Gasteiger partial charge in [0.05, 0.1) is 0 Å². The Bertz CT molecular complexity index is 247. The zero-order valence-corrected chi connectivity index (χ0v) is 7.09. The maximum Gasteiger partial charge on any atom is 0.285 e. The lowest BCUT2D eigenvalue weighted by molar-refractivity contribution is -0.128. The maximum atomic E-state index is 11.0. The lowest BCUT2D eigenvalue weighted by atomic mass is 10.1. The second-order valence-electron chi connectivity index (χ2n) is 2.88. The van der Waals surface area contributed by atoms with E-state index < -0.39 is 5.60 Å². The first-order valence-electron chi connectivity index (χ1n) is 3.69. The summed E-state index contributed by atoms with van der Waals surface area (Å²) in [6.07, 6.45) is 2.78. The molecule has 1 aliphatic rings. The molecule has 0 bridgehead atoms. The molecule has 0 saturated carbocycles. The summed E-state index contributed by atoms with van der Waals surface area (Å²) in [7, 11) is 1.52. The van der Waals surface area contributed by atoms with E-state index in [0.29, 0.717) is 12.7 Å². The van der Waals surface area contributed by atoms with Crippen molar-refractivity contribution < 1.29 is 14.3 Å². The van der Waals surface area contributed by atoms with Crippen LogP contribution < -0.4 is 5.32 Å². The molecule has 0 aromatic carbocycles. The molecule has 4 nitrogen and oxygen atoms in total. The van der Waals surface area contributed by atoms with Gasteiger partial charge in [-0.3, -0.25) is 9.59 Å². The standard InChI is InChI=1S/C8H11NO3/c1-8(5-10)4-3-6(12-8)7(11)9-2/h3,5H,4H2,1-2H3,(H,9,11)/t8-/m1/s1. The summed E-state index contributed by atoms with van der Waals surface area (Å²) in [4.78, 5) is 21.5. The van der Waals surface area contributed by atoms with Crippen molar-refractivity contribution in [3.63, 3.8) is 0 Å². The van der Waals surface area contributed by atoms with Crippen molar-refractivity contribution in [3.05, 3.63) is 11.8 Å². The zero-order valence-electron chi connectivity index (χ0n) is 7.09. The number of ether oxygens (including phenoxy) is 1. The Kier molecular flexibility index (Phi) is 2.17. The van der Waals surface area contributed by atoms with Crippen molar-refractivity contribution in [1.82, 2.24) is 5.32 Å². The van der Waals surface area contributed by atoms with Gasteiger partial charge in [-0.05, 0) is 13.0 Å². The van der Waals surface area contributed by atoms with Gasteiger partial charge >= 0.3 is 0 Å². The molecule has 1 N–H and O–H groups in total. The van der Waals surface area contributed by atoms with Crippen LogP contribution in [0.4, 0.5) is 0 Å². The van der Waals surface area contributed by atoms with Crippen LogP contribution in [0.2, 0.25) is 0 Å². The topological polar surface area (TPSA) is 55.4 Å². The number of nitrogens with one attached hydrogen (secondary N) is 1. The van der Waals surface area contributed by atoms with Crippen molar-refractivity contribution in [2.75, 3.05) is 7.05 Å². The van der Waals surface area contributed by atoms with Crippen molar-refractivity contribution in [3.8, 4) is 0 Å². The number of hydrogen-bond donors (Lipinski definition) is 1. The van der Waals surface area contributed by atoms with Crippen molar-refractivity contribution in [1.29, 1.82) is 0 Å². The number of carbonyl (C=O) groups excluding carboxylic acids is 2. The first-order valence-corrected chi connectivity index (χ1v) is 3.69. The molecule has 0 saturated heterocycles. The lowest BCUT2D eigenvalue weighted by Gasteiger charge is -2.16. The minimum atomic E-state index is -0.845. The summed E-state index contributed by atoms with van der Waals surface area (Å²) in [5.74, 6) is -0.0623. The Morgan fingerprint density at radius 3 is 2.92 bits per heavy atom. The molecule has 1 rings (SSSR count). The second-order valence-corrected chi connectivity index (χ2v) is 2.88. The molecule has 0 aliphatic carbocycles. The van der Waals surface area contributed by atoms with Crippen molar-refractivity contribution in [2.45, 2.75) is 18.9 Å². The van der Waals surface area contributed by atoms with E-state index in [-0.39, 0.29) is 11.7 Å². The molecule has 1 aliphatic heterocycles. The highest BCUT2D eigenvalue weighted by molar-refractivity contribution is 5.92. The fraction of sp³-hybridized carbons (Fsp3) is 0.500. The number of aldehydes is 1. The van der Waals surface area contributed by atoms with Crippen LogP contribution in [0, 0.1) is 0 Å². The summed E-state index contributed by atoms with van der Waals surface area (Å²) < 4.78 is 5.13. The Balaban J connectivity index is 2.65. The first kappa shape index (κ1) is 8.77. The fourth-order valence-corrected chi connectivity index (χ4v) is 0.964. The predicted molar refractivity (Wildman–Crippen MR) is 42.3 cm³/mol. The average Bonchev–Trinajstić information content (AvgIpc) is 2.48. The lowest BCUT2D eigenvalue weighted by Crippen LogP contribution is -2.29. The van der Waals surface area contributed by atoms with E-state index in [0.717, 1.165) is 0 Å². The van der Waals surface area contributed by atoms with Gasteiger partial charge in [0.25, 0.3) is 5.91 Å². The van der Waals surface area contributed by atoms with E-state index in [1.54, 1.807) is 13.0 Å². The van der Waals surface area contributed by atoms with E-state index in [4.69, 9.17) is 4.74 Å². The quantitative estimate of drug-likeness (QED) is 0.592. The molecule has 0 fully saturated rings. The molecular weight excluding hydrogens is 158 g/mol. The van der Waals surface area contributed by atoms with Gasteiger partial charge in [-0.15, -0.1) is 0 Å². The summed E-state index contributed by atoms with van der Waals surface area (Å²) in [5.41, 5.74) is -0.845. The zero-order chi connectivity index (χ0) is 9.19. The number of likely N-dealkylation sites (N-methyl/N-ethyl adjacent to an activating group) is 1. The van der Waals surface area contributed by atoms with Gasteiger partial charge in [-0.2, -0.15) is 0 Å². The molecule has 4 heteroatoms. The summed E-state index contributed by atoms with van der Waals surface area (Å²) >= 11 is 0. The van der Waals surface area contributed by atoms with Gasteiger partial charge in [0.15, 0.2) is 17.6 Å². The minimum absolute atomic E-state index is 0.229. The van der Waals surface area contributed by atoms with Gasteiger partial charge < -0.3 is 10.1 Å². The first-order chi connectivity index (χ1) is 5.61. The van der Waals surface area contributed by atoms with Crippen LogP contribution in [0.3, 0.4) is 0 Å². The normalized spacial score (nSPS) is 27.3. The molecule has 66 valence electrons. The van der Waals surface area contributed by atoms with E-state index in [1.165, 1.54) is 7.05 Å². The third kappa shape index (κ3) is 1.47. The smallest absolute Gasteiger partial charge is 0.285 e. The van der Waals surface area contributed by atoms with Crippen LogP contribution in [0.5, 0.6) is 0 Å². The van der Waals surface area contributed by atoms with Crippen LogP contribution in [-0.2, 0) is 14.3 Å². The van der Waals surface area contributed by atoms with Crippen LogP contribution >= 0.6 is 0 Å². The highest BCUT2D eigenvalue weighted by atomic mass is 16.5. The number of rotatable bonds is 2. The summed E-state index contributed by atoms with van der Waals surface area (Å²) in [6.45, 7) is 1.65. The van der Waals surface area contributed by atoms with Crippen LogP contribution in [0.1, 0.15) is 13.3 Å². The fourth-order valence-electron chi connectivity index (χ4n) is 0.964. The molecule has 0 aromatic heterocycles.